The molecule has 1 aliphatic heterocycles. The Morgan fingerprint density at radius 1 is 1.25 bits per heavy atom. The number of sulfonamides is 1. The van der Waals surface area contributed by atoms with Gasteiger partial charge in [-0.2, -0.15) is 0 Å². The van der Waals surface area contributed by atoms with Gasteiger partial charge < -0.3 is 4.74 Å². The second kappa shape index (κ2) is 6.21. The first-order chi connectivity index (χ1) is 11.4. The van der Waals surface area contributed by atoms with Gasteiger partial charge in [-0.25, -0.2) is 13.1 Å². The van der Waals surface area contributed by atoms with E-state index in [4.69, 9.17) is 4.74 Å². The van der Waals surface area contributed by atoms with Crippen molar-refractivity contribution >= 4 is 15.7 Å². The van der Waals surface area contributed by atoms with Crippen LogP contribution in [0.4, 0.5) is 5.69 Å². The Morgan fingerprint density at radius 2 is 2.00 bits per heavy atom. The molecule has 0 radical (unpaired) electrons. The predicted octanol–water partition coefficient (Wildman–Crippen LogP) is 2.71. The molecule has 0 unspecified atom stereocenters. The van der Waals surface area contributed by atoms with E-state index in [-0.39, 0.29) is 10.6 Å². The molecule has 0 fully saturated rings. The first-order valence-electron chi connectivity index (χ1n) is 7.37. The zero-order valence-electron chi connectivity index (χ0n) is 12.9. The summed E-state index contributed by atoms with van der Waals surface area (Å²) in [7, 11) is -3.89. The lowest BCUT2D eigenvalue weighted by Crippen LogP contribution is -2.32. The Hall–Kier alpha value is -2.45. The molecule has 0 bridgehead atoms. The minimum absolute atomic E-state index is 0.122. The number of nitrogens with one attached hydrogen (secondary N) is 1. The zero-order chi connectivity index (χ0) is 17.3. The maximum atomic E-state index is 12.6. The van der Waals surface area contributed by atoms with E-state index in [9.17, 15) is 18.5 Å². The van der Waals surface area contributed by atoms with Crippen LogP contribution in [0.15, 0.2) is 47.4 Å². The van der Waals surface area contributed by atoms with Crippen molar-refractivity contribution in [2.75, 3.05) is 6.61 Å². The van der Waals surface area contributed by atoms with Crippen LogP contribution in [-0.2, 0) is 10.0 Å². The van der Waals surface area contributed by atoms with Crippen LogP contribution in [0.1, 0.15) is 23.6 Å². The van der Waals surface area contributed by atoms with Crippen LogP contribution in [0.25, 0.3) is 0 Å². The summed E-state index contributed by atoms with van der Waals surface area (Å²) in [6.45, 7) is 1.97. The Balaban J connectivity index is 1.93. The summed E-state index contributed by atoms with van der Waals surface area (Å²) in [6, 6.07) is 10.7. The molecule has 3 rings (SSSR count). The number of fused-ring (bicyclic) bond motifs is 1. The van der Waals surface area contributed by atoms with Crippen molar-refractivity contribution in [1.29, 1.82) is 0 Å². The van der Waals surface area contributed by atoms with E-state index in [1.165, 1.54) is 12.1 Å². The molecule has 0 amide bonds. The van der Waals surface area contributed by atoms with E-state index in [1.54, 1.807) is 19.1 Å². The number of hydrogen-bond acceptors (Lipinski definition) is 5. The third-order valence-electron chi connectivity index (χ3n) is 3.94. The van der Waals surface area contributed by atoms with Crippen molar-refractivity contribution in [2.45, 2.75) is 24.3 Å². The molecule has 0 spiro atoms. The van der Waals surface area contributed by atoms with Crippen molar-refractivity contribution in [3.05, 3.63) is 63.7 Å². The summed E-state index contributed by atoms with van der Waals surface area (Å²) in [4.78, 5) is 10.3. The van der Waals surface area contributed by atoms with Gasteiger partial charge in [0.05, 0.1) is 22.5 Å². The van der Waals surface area contributed by atoms with E-state index in [1.807, 2.05) is 12.1 Å². The maximum Gasteiger partial charge on any atom is 0.273 e. The zero-order valence-corrected chi connectivity index (χ0v) is 13.7. The molecule has 126 valence electrons. The minimum atomic E-state index is -3.89. The second-order valence-corrected chi connectivity index (χ2v) is 7.27. The van der Waals surface area contributed by atoms with Crippen LogP contribution in [0.5, 0.6) is 5.75 Å². The fraction of sp³-hybridized carbons (Fsp3) is 0.250. The van der Waals surface area contributed by atoms with Gasteiger partial charge in [0.2, 0.25) is 10.0 Å². The van der Waals surface area contributed by atoms with Crippen LogP contribution in [0.2, 0.25) is 0 Å². The number of nitrogens with zero attached hydrogens (tertiary/aromatic N) is 1. The highest BCUT2D eigenvalue weighted by Crippen LogP contribution is 2.33. The molecule has 1 atom stereocenters. The van der Waals surface area contributed by atoms with E-state index >= 15 is 0 Å². The Labute approximate surface area is 139 Å². The highest BCUT2D eigenvalue weighted by Gasteiger charge is 2.27. The van der Waals surface area contributed by atoms with E-state index in [0.29, 0.717) is 24.3 Å². The van der Waals surface area contributed by atoms with E-state index < -0.39 is 21.0 Å². The minimum Gasteiger partial charge on any atom is -0.493 e. The van der Waals surface area contributed by atoms with Gasteiger partial charge in [-0.3, -0.25) is 10.1 Å². The number of aryl methyl sites for hydroxylation is 1. The number of nitro benzene ring substituents is 1. The lowest BCUT2D eigenvalue weighted by Gasteiger charge is -2.26. The first kappa shape index (κ1) is 16.4. The Morgan fingerprint density at radius 3 is 2.75 bits per heavy atom. The molecule has 8 heteroatoms. The lowest BCUT2D eigenvalue weighted by atomic mass is 10.0. The summed E-state index contributed by atoms with van der Waals surface area (Å²) in [5.41, 5.74) is 0.953. The SMILES string of the molecule is Cc1ccc(S(=O)(=O)N[C@@H]2CCOc3ccccc32)cc1[N+](=O)[O-]. The number of ether oxygens (including phenoxy) is 1. The van der Waals surface area contributed by atoms with Crippen molar-refractivity contribution < 1.29 is 18.1 Å². The third kappa shape index (κ3) is 3.10. The van der Waals surface area contributed by atoms with Crippen LogP contribution in [0.3, 0.4) is 0 Å². The van der Waals surface area contributed by atoms with Crippen LogP contribution < -0.4 is 9.46 Å². The lowest BCUT2D eigenvalue weighted by molar-refractivity contribution is -0.385. The molecule has 0 saturated carbocycles. The summed E-state index contributed by atoms with van der Waals surface area (Å²) < 4.78 is 33.4. The number of nitro groups is 1. The smallest absolute Gasteiger partial charge is 0.273 e. The van der Waals surface area contributed by atoms with E-state index in [2.05, 4.69) is 4.72 Å². The highest BCUT2D eigenvalue weighted by molar-refractivity contribution is 7.89. The van der Waals surface area contributed by atoms with Crippen molar-refractivity contribution in [3.8, 4) is 5.75 Å². The van der Waals surface area contributed by atoms with Gasteiger partial charge >= 0.3 is 0 Å². The molecule has 24 heavy (non-hydrogen) atoms. The van der Waals surface area contributed by atoms with E-state index in [0.717, 1.165) is 11.6 Å². The Bertz CT molecular complexity index is 895. The quantitative estimate of drug-likeness (QED) is 0.676. The molecule has 1 N–H and O–H groups in total. The maximum absolute atomic E-state index is 12.6. The van der Waals surface area contributed by atoms with Gasteiger partial charge in [-0.15, -0.1) is 0 Å². The van der Waals surface area contributed by atoms with Crippen molar-refractivity contribution in [3.63, 3.8) is 0 Å². The van der Waals surface area contributed by atoms with Gasteiger partial charge in [0.1, 0.15) is 5.75 Å². The average Bonchev–Trinajstić information content (AvgIpc) is 2.55. The first-order valence-corrected chi connectivity index (χ1v) is 8.86. The highest BCUT2D eigenvalue weighted by atomic mass is 32.2. The molecular weight excluding hydrogens is 332 g/mol. The largest absolute Gasteiger partial charge is 0.493 e. The molecule has 7 nitrogen and oxygen atoms in total. The number of benzene rings is 2. The van der Waals surface area contributed by atoms with Crippen LogP contribution in [0, 0.1) is 17.0 Å². The molecule has 1 heterocycles. The topological polar surface area (TPSA) is 98.5 Å². The summed E-state index contributed by atoms with van der Waals surface area (Å²) in [6.07, 6.45) is 0.490. The Kier molecular flexibility index (Phi) is 4.25. The molecule has 1 aliphatic rings. The number of rotatable bonds is 4. The van der Waals surface area contributed by atoms with Crippen molar-refractivity contribution in [1.82, 2.24) is 4.72 Å². The van der Waals surface area contributed by atoms with Gasteiger partial charge in [0.25, 0.3) is 5.69 Å². The van der Waals surface area contributed by atoms with Crippen LogP contribution >= 0.6 is 0 Å². The van der Waals surface area contributed by atoms with Gasteiger partial charge in [-0.1, -0.05) is 24.3 Å². The van der Waals surface area contributed by atoms with Crippen LogP contribution in [-0.4, -0.2) is 19.9 Å². The van der Waals surface area contributed by atoms with Crippen molar-refractivity contribution in [2.24, 2.45) is 0 Å². The molecule has 0 saturated heterocycles. The standard InChI is InChI=1S/C16H16N2O5S/c1-11-6-7-12(10-15(11)18(19)20)24(21,22)17-14-8-9-23-16-5-3-2-4-13(14)16/h2-7,10,14,17H,8-9H2,1H3/t14-/m1/s1. The molecular formula is C16H16N2O5S. The monoisotopic (exact) mass is 348 g/mol. The molecule has 2 aromatic rings. The third-order valence-corrected chi connectivity index (χ3v) is 5.41. The fourth-order valence-electron chi connectivity index (χ4n) is 2.67. The van der Waals surface area contributed by atoms with Gasteiger partial charge in [0.15, 0.2) is 0 Å². The molecule has 0 aliphatic carbocycles. The second-order valence-electron chi connectivity index (χ2n) is 5.55. The average molecular weight is 348 g/mol. The predicted molar refractivity (Wildman–Crippen MR) is 87.4 cm³/mol. The molecule has 2 aromatic carbocycles. The van der Waals surface area contributed by atoms with Gasteiger partial charge in [-0.05, 0) is 19.1 Å². The van der Waals surface area contributed by atoms with Gasteiger partial charge in [0, 0.05) is 23.6 Å². The number of hydrogen-bond donors (Lipinski definition) is 1. The molecule has 0 aromatic heterocycles. The fourth-order valence-corrected chi connectivity index (χ4v) is 3.94. The summed E-state index contributed by atoms with van der Waals surface area (Å²) in [5.74, 6) is 0.645. The normalized spacial score (nSPS) is 17.0. The number of para-hydroxylation sites is 1. The summed E-state index contributed by atoms with van der Waals surface area (Å²) >= 11 is 0. The summed E-state index contributed by atoms with van der Waals surface area (Å²) in [5, 5.41) is 11.0.